The zero-order valence-corrected chi connectivity index (χ0v) is 11.3. The van der Waals surface area contributed by atoms with Gasteiger partial charge in [-0.05, 0) is 39.0 Å². The molecule has 6 heteroatoms. The van der Waals surface area contributed by atoms with E-state index < -0.39 is 23.4 Å². The molecule has 0 atom stereocenters. The summed E-state index contributed by atoms with van der Waals surface area (Å²) in [6.45, 7) is 5.19. The molecule has 0 spiro atoms. The van der Waals surface area contributed by atoms with Gasteiger partial charge < -0.3 is 10.1 Å². The van der Waals surface area contributed by atoms with Crippen molar-refractivity contribution in [1.29, 1.82) is 0 Å². The second-order valence-corrected chi connectivity index (χ2v) is 4.90. The van der Waals surface area contributed by atoms with Gasteiger partial charge in [-0.25, -0.2) is 9.18 Å². The molecule has 1 aromatic carbocycles. The van der Waals surface area contributed by atoms with Gasteiger partial charge in [0.15, 0.2) is 0 Å². The maximum absolute atomic E-state index is 13.4. The lowest BCUT2D eigenvalue weighted by molar-refractivity contribution is 0.0635. The molecule has 104 valence electrons. The Hall–Kier alpha value is -2.11. The maximum atomic E-state index is 13.4. The molecule has 0 aromatic heterocycles. The third-order valence-corrected chi connectivity index (χ3v) is 2.08. The smallest absolute Gasteiger partial charge is 0.412 e. The minimum Gasteiger partial charge on any atom is -0.444 e. The van der Waals surface area contributed by atoms with Crippen molar-refractivity contribution in [1.82, 2.24) is 5.32 Å². The minimum atomic E-state index is -0.665. The summed E-state index contributed by atoms with van der Waals surface area (Å²) in [5.74, 6) is -1.22. The highest BCUT2D eigenvalue weighted by Crippen LogP contribution is 2.16. The van der Waals surface area contributed by atoms with Gasteiger partial charge in [-0.3, -0.25) is 10.1 Å². The lowest BCUT2D eigenvalue weighted by atomic mass is 10.1. The molecule has 2 amide bonds. The largest absolute Gasteiger partial charge is 0.444 e. The van der Waals surface area contributed by atoms with E-state index in [9.17, 15) is 14.0 Å². The lowest BCUT2D eigenvalue weighted by Gasteiger charge is -2.19. The number of hydrogen-bond acceptors (Lipinski definition) is 3. The van der Waals surface area contributed by atoms with Crippen LogP contribution in [0.25, 0.3) is 0 Å². The molecular weight excluding hydrogens is 251 g/mol. The predicted octanol–water partition coefficient (Wildman–Crippen LogP) is 2.53. The second kappa shape index (κ2) is 5.69. The Kier molecular flexibility index (Phi) is 4.47. The lowest BCUT2D eigenvalue weighted by Crippen LogP contribution is -2.27. The summed E-state index contributed by atoms with van der Waals surface area (Å²) >= 11 is 0. The van der Waals surface area contributed by atoms with Crippen molar-refractivity contribution in [2.75, 3.05) is 12.4 Å². The fourth-order valence-corrected chi connectivity index (χ4v) is 1.33. The van der Waals surface area contributed by atoms with Crippen LogP contribution in [0.15, 0.2) is 18.2 Å². The fourth-order valence-electron chi connectivity index (χ4n) is 1.33. The predicted molar refractivity (Wildman–Crippen MR) is 69.6 cm³/mol. The van der Waals surface area contributed by atoms with Gasteiger partial charge in [0.25, 0.3) is 5.91 Å². The van der Waals surface area contributed by atoms with E-state index in [1.54, 1.807) is 20.8 Å². The van der Waals surface area contributed by atoms with Crippen LogP contribution in [0.5, 0.6) is 0 Å². The first-order chi connectivity index (χ1) is 8.73. The molecule has 0 bridgehead atoms. The normalized spacial score (nSPS) is 10.8. The van der Waals surface area contributed by atoms with Gasteiger partial charge >= 0.3 is 6.09 Å². The third-order valence-electron chi connectivity index (χ3n) is 2.08. The van der Waals surface area contributed by atoms with E-state index in [0.717, 1.165) is 6.07 Å². The van der Waals surface area contributed by atoms with Gasteiger partial charge in [-0.1, -0.05) is 0 Å². The number of ether oxygens (including phenoxy) is 1. The molecule has 19 heavy (non-hydrogen) atoms. The number of anilines is 1. The molecule has 0 unspecified atom stereocenters. The molecule has 5 nitrogen and oxygen atoms in total. The van der Waals surface area contributed by atoms with Crippen LogP contribution in [0.2, 0.25) is 0 Å². The summed E-state index contributed by atoms with van der Waals surface area (Å²) in [4.78, 5) is 22.9. The topological polar surface area (TPSA) is 67.4 Å². The van der Waals surface area contributed by atoms with Crippen LogP contribution in [-0.2, 0) is 4.74 Å². The molecule has 1 rings (SSSR count). The Morgan fingerprint density at radius 2 is 1.89 bits per heavy atom. The van der Waals surface area contributed by atoms with Crippen LogP contribution >= 0.6 is 0 Å². The van der Waals surface area contributed by atoms with Crippen LogP contribution in [-0.4, -0.2) is 24.6 Å². The Morgan fingerprint density at radius 1 is 1.26 bits per heavy atom. The van der Waals surface area contributed by atoms with E-state index in [4.69, 9.17) is 4.74 Å². The van der Waals surface area contributed by atoms with Crippen LogP contribution < -0.4 is 10.6 Å². The molecule has 0 aliphatic carbocycles. The number of carbonyl (C=O) groups is 2. The third kappa shape index (κ3) is 4.57. The average Bonchev–Trinajstić information content (AvgIpc) is 2.28. The highest BCUT2D eigenvalue weighted by atomic mass is 19.1. The first-order valence-corrected chi connectivity index (χ1v) is 5.74. The van der Waals surface area contributed by atoms with Gasteiger partial charge in [-0.15, -0.1) is 0 Å². The molecule has 0 heterocycles. The molecule has 0 fully saturated rings. The summed E-state index contributed by atoms with van der Waals surface area (Å²) < 4.78 is 18.5. The monoisotopic (exact) mass is 268 g/mol. The molecule has 0 saturated heterocycles. The molecular formula is C13H17FN2O3. The summed E-state index contributed by atoms with van der Waals surface area (Å²) in [6, 6.07) is 3.71. The fraction of sp³-hybridized carbons (Fsp3) is 0.385. The minimum absolute atomic E-state index is 0.143. The van der Waals surface area contributed by atoms with Gasteiger partial charge in [0.05, 0.1) is 5.56 Å². The van der Waals surface area contributed by atoms with Crippen molar-refractivity contribution < 1.29 is 18.7 Å². The Bertz CT molecular complexity index is 495. The SMILES string of the molecule is CNC(=O)c1cc(NC(=O)OC(C)(C)C)ccc1F. The van der Waals surface area contributed by atoms with E-state index in [1.165, 1.54) is 19.2 Å². The Balaban J connectivity index is 2.86. The number of amides is 2. The summed E-state index contributed by atoms with van der Waals surface area (Å²) in [5.41, 5.74) is -0.487. The van der Waals surface area contributed by atoms with Crippen molar-refractivity contribution in [2.45, 2.75) is 26.4 Å². The average molecular weight is 268 g/mol. The highest BCUT2D eigenvalue weighted by molar-refractivity contribution is 5.96. The van der Waals surface area contributed by atoms with E-state index in [1.807, 2.05) is 0 Å². The highest BCUT2D eigenvalue weighted by Gasteiger charge is 2.17. The van der Waals surface area contributed by atoms with Crippen LogP contribution in [0.4, 0.5) is 14.9 Å². The number of hydrogen-bond donors (Lipinski definition) is 2. The van der Waals surface area contributed by atoms with Crippen molar-refractivity contribution in [3.63, 3.8) is 0 Å². The van der Waals surface area contributed by atoms with Gasteiger partial charge in [-0.2, -0.15) is 0 Å². The van der Waals surface area contributed by atoms with Gasteiger partial charge in [0.1, 0.15) is 11.4 Å². The van der Waals surface area contributed by atoms with E-state index in [0.29, 0.717) is 0 Å². The van der Waals surface area contributed by atoms with Gasteiger partial charge in [0.2, 0.25) is 0 Å². The first-order valence-electron chi connectivity index (χ1n) is 5.74. The van der Waals surface area contributed by atoms with Crippen molar-refractivity contribution in [2.24, 2.45) is 0 Å². The maximum Gasteiger partial charge on any atom is 0.412 e. The molecule has 2 N–H and O–H groups in total. The number of nitrogens with one attached hydrogen (secondary N) is 2. The second-order valence-electron chi connectivity index (χ2n) is 4.90. The van der Waals surface area contributed by atoms with Crippen molar-refractivity contribution in [3.8, 4) is 0 Å². The molecule has 0 radical (unpaired) electrons. The van der Waals surface area contributed by atoms with Crippen LogP contribution in [0.3, 0.4) is 0 Å². The Morgan fingerprint density at radius 3 is 2.42 bits per heavy atom. The number of benzene rings is 1. The summed E-state index contributed by atoms with van der Waals surface area (Å²) in [5, 5.41) is 4.76. The van der Waals surface area contributed by atoms with Crippen LogP contribution in [0, 0.1) is 5.82 Å². The summed E-state index contributed by atoms with van der Waals surface area (Å²) in [6.07, 6.45) is -0.665. The zero-order chi connectivity index (χ0) is 14.6. The van der Waals surface area contributed by atoms with Gasteiger partial charge in [0, 0.05) is 12.7 Å². The number of halogens is 1. The van der Waals surface area contributed by atoms with Crippen molar-refractivity contribution >= 4 is 17.7 Å². The van der Waals surface area contributed by atoms with E-state index in [-0.39, 0.29) is 11.3 Å². The molecule has 0 aliphatic heterocycles. The number of rotatable bonds is 2. The zero-order valence-electron chi connectivity index (χ0n) is 11.3. The quantitative estimate of drug-likeness (QED) is 0.866. The molecule has 0 aliphatic rings. The van der Waals surface area contributed by atoms with E-state index >= 15 is 0 Å². The van der Waals surface area contributed by atoms with E-state index in [2.05, 4.69) is 10.6 Å². The Labute approximate surface area is 111 Å². The number of carbonyl (C=O) groups excluding carboxylic acids is 2. The van der Waals surface area contributed by atoms with Crippen LogP contribution in [0.1, 0.15) is 31.1 Å². The molecule has 1 aromatic rings. The standard InChI is InChI=1S/C13H17FN2O3/c1-13(2,3)19-12(18)16-8-5-6-10(14)9(7-8)11(17)15-4/h5-7H,1-4H3,(H,15,17)(H,16,18). The van der Waals surface area contributed by atoms with Crippen molar-refractivity contribution in [3.05, 3.63) is 29.6 Å². The first kappa shape index (κ1) is 14.9. The summed E-state index contributed by atoms with van der Waals surface area (Å²) in [7, 11) is 1.40. The molecule has 0 saturated carbocycles.